The average Bonchev–Trinajstić information content (AvgIpc) is 2.85. The smallest absolute Gasteiger partial charge is 0.342 e. The highest BCUT2D eigenvalue weighted by Gasteiger charge is 2.25. The van der Waals surface area contributed by atoms with Gasteiger partial charge in [0.25, 0.3) is 5.91 Å². The predicted octanol–water partition coefficient (Wildman–Crippen LogP) is 4.01. The summed E-state index contributed by atoms with van der Waals surface area (Å²) in [5.41, 5.74) is 6.98. The van der Waals surface area contributed by atoms with E-state index in [1.165, 1.54) is 19.2 Å². The maximum atomic E-state index is 12.8. The van der Waals surface area contributed by atoms with Crippen LogP contribution in [0.4, 0.5) is 11.4 Å². The van der Waals surface area contributed by atoms with Gasteiger partial charge in [0.05, 0.1) is 23.5 Å². The molecule has 1 aliphatic rings. The molecule has 2 aromatic rings. The van der Waals surface area contributed by atoms with E-state index in [0.29, 0.717) is 17.5 Å². The molecule has 0 radical (unpaired) electrons. The molecule has 1 amide bonds. The summed E-state index contributed by atoms with van der Waals surface area (Å²) in [7, 11) is 1.41. The Morgan fingerprint density at radius 1 is 1.32 bits per heavy atom. The molecule has 148 valence electrons. The molecule has 0 saturated heterocycles. The van der Waals surface area contributed by atoms with Gasteiger partial charge in [0.15, 0.2) is 6.61 Å². The second-order valence-electron chi connectivity index (χ2n) is 6.38. The molecule has 2 aromatic carbocycles. The van der Waals surface area contributed by atoms with Crippen molar-refractivity contribution < 1.29 is 19.1 Å². The molecule has 0 bridgehead atoms. The minimum atomic E-state index is -0.696. The topological polar surface area (TPSA) is 81.9 Å². The van der Waals surface area contributed by atoms with Gasteiger partial charge in [-0.25, -0.2) is 4.79 Å². The molecule has 0 saturated carbocycles. The van der Waals surface area contributed by atoms with Crippen LogP contribution >= 0.6 is 23.4 Å². The highest BCUT2D eigenvalue weighted by atomic mass is 35.5. The number of thioether (sulfide) groups is 1. The number of anilines is 2. The first kappa shape index (κ1) is 20.4. The number of hydrogen-bond acceptors (Lipinski definition) is 6. The Balaban J connectivity index is 1.74. The Morgan fingerprint density at radius 3 is 2.82 bits per heavy atom. The zero-order chi connectivity index (χ0) is 20.3. The third kappa shape index (κ3) is 4.36. The van der Waals surface area contributed by atoms with Crippen molar-refractivity contribution in [2.75, 3.05) is 30.9 Å². The zero-order valence-corrected chi connectivity index (χ0v) is 17.2. The number of nitrogen functional groups attached to an aromatic ring is 1. The summed E-state index contributed by atoms with van der Waals surface area (Å²) >= 11 is 7.73. The normalized spacial score (nSPS) is 16.1. The first-order valence-electron chi connectivity index (χ1n) is 8.77. The summed E-state index contributed by atoms with van der Waals surface area (Å²) in [6.07, 6.45) is 0.848. The SMILES string of the molecule is COc1cc(N)c(Cl)cc1C(=O)OCC(=O)N1CCC(C)Sc2ccccc21. The number of para-hydroxylation sites is 1. The molecule has 28 heavy (non-hydrogen) atoms. The lowest BCUT2D eigenvalue weighted by atomic mass is 10.2. The molecule has 1 unspecified atom stereocenters. The van der Waals surface area contributed by atoms with E-state index in [-0.39, 0.29) is 28.8 Å². The summed E-state index contributed by atoms with van der Waals surface area (Å²) in [5.74, 6) is -0.737. The number of hydrogen-bond donors (Lipinski definition) is 1. The highest BCUT2D eigenvalue weighted by molar-refractivity contribution is 8.00. The molecule has 1 heterocycles. The summed E-state index contributed by atoms with van der Waals surface area (Å²) in [4.78, 5) is 28.0. The lowest BCUT2D eigenvalue weighted by Gasteiger charge is -2.22. The van der Waals surface area contributed by atoms with E-state index < -0.39 is 5.97 Å². The quantitative estimate of drug-likeness (QED) is 0.594. The fourth-order valence-corrected chi connectivity index (χ4v) is 4.20. The van der Waals surface area contributed by atoms with E-state index in [9.17, 15) is 9.59 Å². The lowest BCUT2D eigenvalue weighted by molar-refractivity contribution is -0.121. The van der Waals surface area contributed by atoms with Crippen LogP contribution in [-0.4, -0.2) is 37.4 Å². The van der Waals surface area contributed by atoms with Crippen LogP contribution in [0.3, 0.4) is 0 Å². The van der Waals surface area contributed by atoms with Gasteiger partial charge in [-0.3, -0.25) is 4.79 Å². The summed E-state index contributed by atoms with van der Waals surface area (Å²) in [6, 6.07) is 10.6. The van der Waals surface area contributed by atoms with Crippen molar-refractivity contribution in [3.8, 4) is 5.75 Å². The van der Waals surface area contributed by atoms with Gasteiger partial charge >= 0.3 is 5.97 Å². The summed E-state index contributed by atoms with van der Waals surface area (Å²) in [6.45, 7) is 2.32. The molecule has 0 spiro atoms. The number of halogens is 1. The van der Waals surface area contributed by atoms with Crippen LogP contribution in [0, 0.1) is 0 Å². The highest BCUT2D eigenvalue weighted by Crippen LogP contribution is 2.37. The largest absolute Gasteiger partial charge is 0.496 e. The number of amides is 1. The number of esters is 1. The second kappa shape index (κ2) is 8.75. The van der Waals surface area contributed by atoms with Crippen molar-refractivity contribution in [2.24, 2.45) is 0 Å². The minimum Gasteiger partial charge on any atom is -0.496 e. The second-order valence-corrected chi connectivity index (χ2v) is 8.27. The number of ether oxygens (including phenoxy) is 2. The number of methoxy groups -OCH3 is 1. The van der Waals surface area contributed by atoms with E-state index >= 15 is 0 Å². The number of nitrogens with zero attached hydrogens (tertiary/aromatic N) is 1. The first-order valence-corrected chi connectivity index (χ1v) is 10.0. The Kier molecular flexibility index (Phi) is 6.36. The fraction of sp³-hybridized carbons (Fsp3) is 0.300. The van der Waals surface area contributed by atoms with Gasteiger partial charge < -0.3 is 20.1 Å². The summed E-state index contributed by atoms with van der Waals surface area (Å²) in [5, 5.41) is 0.606. The van der Waals surface area contributed by atoms with Crippen molar-refractivity contribution in [3.05, 3.63) is 47.0 Å². The van der Waals surface area contributed by atoms with Gasteiger partial charge in [-0.1, -0.05) is 30.7 Å². The molecule has 1 atom stereocenters. The molecular weight excluding hydrogens is 400 g/mol. The van der Waals surface area contributed by atoms with Crippen LogP contribution < -0.4 is 15.4 Å². The van der Waals surface area contributed by atoms with Crippen LogP contribution in [0.5, 0.6) is 5.75 Å². The number of carbonyl (C=O) groups excluding carboxylic acids is 2. The van der Waals surface area contributed by atoms with E-state index in [4.69, 9.17) is 26.8 Å². The van der Waals surface area contributed by atoms with E-state index in [0.717, 1.165) is 17.0 Å². The Bertz CT molecular complexity index is 906. The monoisotopic (exact) mass is 420 g/mol. The van der Waals surface area contributed by atoms with Crippen molar-refractivity contribution in [1.82, 2.24) is 0 Å². The fourth-order valence-electron chi connectivity index (χ4n) is 2.93. The minimum absolute atomic E-state index is 0.120. The van der Waals surface area contributed by atoms with Crippen molar-refractivity contribution in [3.63, 3.8) is 0 Å². The molecule has 3 rings (SSSR count). The van der Waals surface area contributed by atoms with Crippen LogP contribution in [0.2, 0.25) is 5.02 Å². The van der Waals surface area contributed by atoms with Gasteiger partial charge in [-0.15, -0.1) is 11.8 Å². The van der Waals surface area contributed by atoms with Gasteiger partial charge in [-0.05, 0) is 24.6 Å². The van der Waals surface area contributed by atoms with Gasteiger partial charge in [0.2, 0.25) is 0 Å². The van der Waals surface area contributed by atoms with E-state index in [1.807, 2.05) is 24.3 Å². The van der Waals surface area contributed by atoms with Gasteiger partial charge in [0.1, 0.15) is 11.3 Å². The standard InChI is InChI=1S/C20H21ClN2O4S/c1-12-7-8-23(16-5-3-4-6-18(16)28-12)19(24)11-27-20(25)13-9-14(21)15(22)10-17(13)26-2/h3-6,9-10,12H,7-8,11,22H2,1-2H3. The zero-order valence-electron chi connectivity index (χ0n) is 15.6. The molecule has 2 N–H and O–H groups in total. The van der Waals surface area contributed by atoms with Crippen molar-refractivity contribution in [1.29, 1.82) is 0 Å². The van der Waals surface area contributed by atoms with Crippen molar-refractivity contribution in [2.45, 2.75) is 23.5 Å². The van der Waals surface area contributed by atoms with Gasteiger partial charge in [0, 0.05) is 22.8 Å². The number of fused-ring (bicyclic) bond motifs is 1. The number of benzene rings is 2. The van der Waals surface area contributed by atoms with E-state index in [2.05, 4.69) is 6.92 Å². The maximum Gasteiger partial charge on any atom is 0.342 e. The Hall–Kier alpha value is -2.38. The molecule has 0 aliphatic carbocycles. The number of nitrogens with two attached hydrogens (primary N) is 1. The molecule has 0 fully saturated rings. The van der Waals surface area contributed by atoms with E-state index in [1.54, 1.807) is 16.7 Å². The molecule has 1 aliphatic heterocycles. The average molecular weight is 421 g/mol. The van der Waals surface area contributed by atoms with Crippen LogP contribution in [-0.2, 0) is 9.53 Å². The van der Waals surface area contributed by atoms with Crippen LogP contribution in [0.15, 0.2) is 41.3 Å². The van der Waals surface area contributed by atoms with Crippen molar-refractivity contribution >= 4 is 46.6 Å². The Labute approximate surface area is 172 Å². The molecule has 6 nitrogen and oxygen atoms in total. The number of carbonyl (C=O) groups is 2. The maximum absolute atomic E-state index is 12.8. The van der Waals surface area contributed by atoms with Gasteiger partial charge in [-0.2, -0.15) is 0 Å². The third-order valence-electron chi connectivity index (χ3n) is 4.41. The van der Waals surface area contributed by atoms with Crippen LogP contribution in [0.1, 0.15) is 23.7 Å². The summed E-state index contributed by atoms with van der Waals surface area (Å²) < 4.78 is 10.4. The molecular formula is C20H21ClN2O4S. The molecule has 8 heteroatoms. The predicted molar refractivity (Wildman–Crippen MR) is 111 cm³/mol. The lowest BCUT2D eigenvalue weighted by Crippen LogP contribution is -2.35. The Morgan fingerprint density at radius 2 is 2.07 bits per heavy atom. The first-order chi connectivity index (χ1) is 13.4. The number of rotatable bonds is 4. The third-order valence-corrected chi connectivity index (χ3v) is 5.97. The molecule has 0 aromatic heterocycles. The van der Waals surface area contributed by atoms with Crippen LogP contribution in [0.25, 0.3) is 0 Å².